The maximum Gasteiger partial charge on any atom is 0.166 e. The maximum atomic E-state index is 11.7. The molecule has 0 amide bonds. The number of hydrogen-bond donors (Lipinski definition) is 0. The minimum absolute atomic E-state index is 0.148. The summed E-state index contributed by atoms with van der Waals surface area (Å²) in [6.07, 6.45) is 3.96. The number of aromatic nitrogens is 2. The SMILES string of the molecule is Cc1ccc(-c2ncc3c(n2)CCCC3=O)cc1Cl. The first-order valence-electron chi connectivity index (χ1n) is 6.31. The fraction of sp³-hybridized carbons (Fsp3) is 0.267. The molecule has 1 aliphatic rings. The molecule has 0 saturated carbocycles. The highest BCUT2D eigenvalue weighted by atomic mass is 35.5. The molecule has 0 aliphatic heterocycles. The van der Waals surface area contributed by atoms with Crippen LogP contribution in [0.25, 0.3) is 11.4 Å². The molecule has 1 heterocycles. The molecule has 0 spiro atoms. The third-order valence-corrected chi connectivity index (χ3v) is 3.82. The predicted octanol–water partition coefficient (Wildman–Crippen LogP) is 3.62. The minimum Gasteiger partial charge on any atom is -0.294 e. The van der Waals surface area contributed by atoms with Gasteiger partial charge < -0.3 is 0 Å². The van der Waals surface area contributed by atoms with E-state index in [1.165, 1.54) is 0 Å². The van der Waals surface area contributed by atoms with Gasteiger partial charge in [0.25, 0.3) is 0 Å². The topological polar surface area (TPSA) is 42.9 Å². The average molecular weight is 273 g/mol. The Bertz CT molecular complexity index is 667. The third kappa shape index (κ3) is 2.26. The molecule has 1 aliphatic carbocycles. The van der Waals surface area contributed by atoms with Gasteiger partial charge in [-0.3, -0.25) is 4.79 Å². The van der Waals surface area contributed by atoms with E-state index in [1.807, 2.05) is 25.1 Å². The Morgan fingerprint density at radius 1 is 1.26 bits per heavy atom. The number of hydrogen-bond acceptors (Lipinski definition) is 3. The number of nitrogens with zero attached hydrogens (tertiary/aromatic N) is 2. The first kappa shape index (κ1) is 12.3. The first-order chi connectivity index (χ1) is 9.15. The molecule has 1 aromatic carbocycles. The van der Waals surface area contributed by atoms with Crippen molar-refractivity contribution in [1.82, 2.24) is 9.97 Å². The van der Waals surface area contributed by atoms with Gasteiger partial charge in [-0.2, -0.15) is 0 Å². The molecule has 0 atom stereocenters. The van der Waals surface area contributed by atoms with Crippen molar-refractivity contribution in [1.29, 1.82) is 0 Å². The molecule has 0 radical (unpaired) electrons. The van der Waals surface area contributed by atoms with Gasteiger partial charge in [-0.05, 0) is 31.4 Å². The zero-order chi connectivity index (χ0) is 13.4. The van der Waals surface area contributed by atoms with Crippen LogP contribution in [0, 0.1) is 6.92 Å². The van der Waals surface area contributed by atoms with Gasteiger partial charge in [0.05, 0.1) is 11.3 Å². The Morgan fingerprint density at radius 3 is 2.89 bits per heavy atom. The summed E-state index contributed by atoms with van der Waals surface area (Å²) in [5, 5.41) is 0.704. The second-order valence-electron chi connectivity index (χ2n) is 4.79. The van der Waals surface area contributed by atoms with Gasteiger partial charge in [-0.25, -0.2) is 9.97 Å². The minimum atomic E-state index is 0.148. The molecule has 0 unspecified atom stereocenters. The van der Waals surface area contributed by atoms with Gasteiger partial charge in [-0.1, -0.05) is 23.7 Å². The van der Waals surface area contributed by atoms with Crippen LogP contribution < -0.4 is 0 Å². The Labute approximate surface area is 116 Å². The summed E-state index contributed by atoms with van der Waals surface area (Å²) in [7, 11) is 0. The van der Waals surface area contributed by atoms with Crippen molar-refractivity contribution >= 4 is 17.4 Å². The van der Waals surface area contributed by atoms with Gasteiger partial charge in [0.2, 0.25) is 0 Å². The van der Waals surface area contributed by atoms with Gasteiger partial charge in [0.1, 0.15) is 0 Å². The summed E-state index contributed by atoms with van der Waals surface area (Å²) in [5.74, 6) is 0.782. The lowest BCUT2D eigenvalue weighted by molar-refractivity contribution is 0.0971. The Kier molecular flexibility index (Phi) is 3.07. The molecule has 0 N–H and O–H groups in total. The zero-order valence-electron chi connectivity index (χ0n) is 10.6. The smallest absolute Gasteiger partial charge is 0.166 e. The van der Waals surface area contributed by atoms with Crippen LogP contribution >= 0.6 is 11.6 Å². The van der Waals surface area contributed by atoms with Crippen LogP contribution in [0.2, 0.25) is 5.02 Å². The number of benzene rings is 1. The molecule has 0 saturated heterocycles. The molecule has 3 nitrogen and oxygen atoms in total. The van der Waals surface area contributed by atoms with Crippen LogP contribution in [-0.4, -0.2) is 15.8 Å². The zero-order valence-corrected chi connectivity index (χ0v) is 11.4. The molecule has 3 rings (SSSR count). The number of rotatable bonds is 1. The Balaban J connectivity index is 2.06. The summed E-state index contributed by atoms with van der Waals surface area (Å²) in [4.78, 5) is 20.5. The molecule has 1 aromatic heterocycles. The van der Waals surface area contributed by atoms with Gasteiger partial charge in [0, 0.05) is 23.2 Å². The quantitative estimate of drug-likeness (QED) is 0.796. The number of halogens is 1. The van der Waals surface area contributed by atoms with Crippen molar-refractivity contribution in [3.63, 3.8) is 0 Å². The molecule has 96 valence electrons. The van der Waals surface area contributed by atoms with E-state index in [-0.39, 0.29) is 5.78 Å². The number of Topliss-reactive ketones (excluding diaryl/α,β-unsaturated/α-hetero) is 1. The summed E-state index contributed by atoms with van der Waals surface area (Å²) in [5.41, 5.74) is 3.45. The summed E-state index contributed by atoms with van der Waals surface area (Å²) in [6, 6.07) is 5.77. The molecular formula is C15H13ClN2O. The van der Waals surface area contributed by atoms with E-state index in [0.717, 1.165) is 29.7 Å². The average Bonchev–Trinajstić information content (AvgIpc) is 2.42. The Hall–Kier alpha value is -1.74. The third-order valence-electron chi connectivity index (χ3n) is 3.42. The van der Waals surface area contributed by atoms with Crippen molar-refractivity contribution < 1.29 is 4.79 Å². The lowest BCUT2D eigenvalue weighted by Crippen LogP contribution is -2.13. The highest BCUT2D eigenvalue weighted by Gasteiger charge is 2.19. The van der Waals surface area contributed by atoms with E-state index in [9.17, 15) is 4.79 Å². The fourth-order valence-corrected chi connectivity index (χ4v) is 2.44. The fourth-order valence-electron chi connectivity index (χ4n) is 2.26. The molecule has 2 aromatic rings. The second kappa shape index (κ2) is 4.74. The number of aryl methyl sites for hydroxylation is 2. The van der Waals surface area contributed by atoms with Crippen molar-refractivity contribution in [3.05, 3.63) is 46.2 Å². The lowest BCUT2D eigenvalue weighted by atomic mass is 9.96. The van der Waals surface area contributed by atoms with Crippen LogP contribution in [0.15, 0.2) is 24.4 Å². The summed E-state index contributed by atoms with van der Waals surface area (Å²) >= 11 is 6.12. The first-order valence-corrected chi connectivity index (χ1v) is 6.68. The van der Waals surface area contributed by atoms with Crippen molar-refractivity contribution in [2.45, 2.75) is 26.2 Å². The number of ketones is 1. The second-order valence-corrected chi connectivity index (χ2v) is 5.20. The predicted molar refractivity (Wildman–Crippen MR) is 74.5 cm³/mol. The number of carbonyl (C=O) groups is 1. The Morgan fingerprint density at radius 2 is 2.11 bits per heavy atom. The summed E-state index contributed by atoms with van der Waals surface area (Å²) in [6.45, 7) is 1.96. The lowest BCUT2D eigenvalue weighted by Gasteiger charge is -2.14. The van der Waals surface area contributed by atoms with Crippen LogP contribution in [0.5, 0.6) is 0 Å². The largest absolute Gasteiger partial charge is 0.294 e. The van der Waals surface area contributed by atoms with Gasteiger partial charge in [0.15, 0.2) is 11.6 Å². The van der Waals surface area contributed by atoms with Crippen molar-refractivity contribution in [2.24, 2.45) is 0 Å². The van der Waals surface area contributed by atoms with Gasteiger partial charge >= 0.3 is 0 Å². The van der Waals surface area contributed by atoms with Crippen LogP contribution in [0.4, 0.5) is 0 Å². The molecule has 0 bridgehead atoms. The van der Waals surface area contributed by atoms with E-state index in [1.54, 1.807) is 6.20 Å². The van der Waals surface area contributed by atoms with Crippen LogP contribution in [0.1, 0.15) is 34.5 Å². The van der Waals surface area contributed by atoms with Crippen molar-refractivity contribution in [2.75, 3.05) is 0 Å². The van der Waals surface area contributed by atoms with E-state index in [0.29, 0.717) is 22.8 Å². The summed E-state index contributed by atoms with van der Waals surface area (Å²) < 4.78 is 0. The molecule has 19 heavy (non-hydrogen) atoms. The highest BCUT2D eigenvalue weighted by Crippen LogP contribution is 2.25. The van der Waals surface area contributed by atoms with Crippen LogP contribution in [-0.2, 0) is 6.42 Å². The van der Waals surface area contributed by atoms with E-state index >= 15 is 0 Å². The molecule has 4 heteroatoms. The van der Waals surface area contributed by atoms with E-state index in [4.69, 9.17) is 11.6 Å². The number of fused-ring (bicyclic) bond motifs is 1. The van der Waals surface area contributed by atoms with E-state index < -0.39 is 0 Å². The highest BCUT2D eigenvalue weighted by molar-refractivity contribution is 6.31. The van der Waals surface area contributed by atoms with Crippen molar-refractivity contribution in [3.8, 4) is 11.4 Å². The maximum absolute atomic E-state index is 11.7. The normalized spacial score (nSPS) is 14.3. The monoisotopic (exact) mass is 272 g/mol. The molecular weight excluding hydrogens is 260 g/mol. The van der Waals surface area contributed by atoms with Gasteiger partial charge in [-0.15, -0.1) is 0 Å². The molecule has 0 fully saturated rings. The number of carbonyl (C=O) groups excluding carboxylic acids is 1. The van der Waals surface area contributed by atoms with Crippen LogP contribution in [0.3, 0.4) is 0 Å². The standard InChI is InChI=1S/C15H13ClN2O/c1-9-5-6-10(7-12(9)16)15-17-8-11-13(18-15)3-2-4-14(11)19/h5-8H,2-4H2,1H3. The van der Waals surface area contributed by atoms with E-state index in [2.05, 4.69) is 9.97 Å².